The molecular formula is C22H16F3NO3S. The molecule has 0 radical (unpaired) electrons. The number of nitrogens with one attached hydrogen (secondary N) is 1. The molecule has 0 amide bonds. The van der Waals surface area contributed by atoms with Gasteiger partial charge < -0.3 is 0 Å². The predicted octanol–water partition coefficient (Wildman–Crippen LogP) is 5.40. The molecule has 0 aliphatic carbocycles. The average Bonchev–Trinajstić information content (AvgIpc) is 2.72. The number of anilines is 1. The van der Waals surface area contributed by atoms with E-state index < -0.39 is 26.7 Å². The van der Waals surface area contributed by atoms with Gasteiger partial charge in [0.2, 0.25) is 0 Å². The van der Waals surface area contributed by atoms with Crippen molar-refractivity contribution in [2.45, 2.75) is 11.1 Å². The van der Waals surface area contributed by atoms with Gasteiger partial charge in [0, 0.05) is 11.3 Å². The lowest BCUT2D eigenvalue weighted by molar-refractivity contribution is -0.137. The molecule has 0 spiro atoms. The van der Waals surface area contributed by atoms with Crippen LogP contribution in [0.15, 0.2) is 89.8 Å². The summed E-state index contributed by atoms with van der Waals surface area (Å²) in [5.74, 6) is -0.348. The van der Waals surface area contributed by atoms with E-state index in [0.29, 0.717) is 6.07 Å². The molecule has 3 rings (SSSR count). The zero-order valence-corrected chi connectivity index (χ0v) is 16.2. The van der Waals surface area contributed by atoms with Crippen LogP contribution in [0.5, 0.6) is 0 Å². The molecule has 0 saturated carbocycles. The number of alkyl halides is 3. The van der Waals surface area contributed by atoms with Crippen molar-refractivity contribution in [2.75, 3.05) is 4.72 Å². The van der Waals surface area contributed by atoms with Crippen LogP contribution in [-0.4, -0.2) is 14.2 Å². The van der Waals surface area contributed by atoms with E-state index in [1.807, 2.05) is 30.3 Å². The number of halogens is 3. The van der Waals surface area contributed by atoms with Gasteiger partial charge in [0.25, 0.3) is 10.0 Å². The maximum atomic E-state index is 12.9. The lowest BCUT2D eigenvalue weighted by Gasteiger charge is -2.11. The van der Waals surface area contributed by atoms with Crippen molar-refractivity contribution in [2.24, 2.45) is 0 Å². The Kier molecular flexibility index (Phi) is 6.07. The minimum absolute atomic E-state index is 0.0615. The third kappa shape index (κ3) is 5.36. The summed E-state index contributed by atoms with van der Waals surface area (Å²) in [6.45, 7) is 0. The van der Waals surface area contributed by atoms with Crippen molar-refractivity contribution in [3.05, 3.63) is 102 Å². The number of sulfonamides is 1. The molecule has 0 fully saturated rings. The second-order valence-corrected chi connectivity index (χ2v) is 8.00. The molecule has 4 nitrogen and oxygen atoms in total. The maximum absolute atomic E-state index is 12.9. The number of benzene rings is 3. The van der Waals surface area contributed by atoms with Crippen LogP contribution in [0, 0.1) is 0 Å². The summed E-state index contributed by atoms with van der Waals surface area (Å²) in [6, 6.07) is 18.3. The van der Waals surface area contributed by atoms with Gasteiger partial charge in [-0.2, -0.15) is 13.2 Å². The number of hydrogen-bond acceptors (Lipinski definition) is 3. The highest BCUT2D eigenvalue weighted by molar-refractivity contribution is 7.92. The Morgan fingerprint density at radius 1 is 0.867 bits per heavy atom. The number of carbonyl (C=O) groups excluding carboxylic acids is 1. The highest BCUT2D eigenvalue weighted by Gasteiger charge is 2.31. The molecule has 0 aliphatic heterocycles. The van der Waals surface area contributed by atoms with E-state index >= 15 is 0 Å². The summed E-state index contributed by atoms with van der Waals surface area (Å²) < 4.78 is 65.8. The second kappa shape index (κ2) is 8.54. The van der Waals surface area contributed by atoms with Crippen molar-refractivity contribution in [1.82, 2.24) is 0 Å². The van der Waals surface area contributed by atoms with Crippen LogP contribution in [0.25, 0.3) is 6.08 Å². The monoisotopic (exact) mass is 431 g/mol. The van der Waals surface area contributed by atoms with E-state index in [9.17, 15) is 26.4 Å². The Morgan fingerprint density at radius 2 is 1.57 bits per heavy atom. The summed E-state index contributed by atoms with van der Waals surface area (Å²) >= 11 is 0. The second-order valence-electron chi connectivity index (χ2n) is 6.32. The molecule has 3 aromatic carbocycles. The molecule has 0 aromatic heterocycles. The smallest absolute Gasteiger partial charge is 0.289 e. The standard InChI is InChI=1S/C22H16F3NO3S/c23-22(24,25)18-9-5-11-20(15-18)30(28,29)26-19-10-4-8-17(14-19)21(27)13-12-16-6-2-1-3-7-16/h1-15,26H/b13-12+. The van der Waals surface area contributed by atoms with Crippen LogP contribution in [0.3, 0.4) is 0 Å². The van der Waals surface area contributed by atoms with Crippen LogP contribution < -0.4 is 4.72 Å². The summed E-state index contributed by atoms with van der Waals surface area (Å²) in [4.78, 5) is 11.8. The molecule has 8 heteroatoms. The van der Waals surface area contributed by atoms with Crippen molar-refractivity contribution in [1.29, 1.82) is 0 Å². The van der Waals surface area contributed by atoms with E-state index in [0.717, 1.165) is 23.8 Å². The first kappa shape index (κ1) is 21.3. The van der Waals surface area contributed by atoms with Gasteiger partial charge in [-0.15, -0.1) is 0 Å². The molecule has 0 saturated heterocycles. The molecule has 0 bridgehead atoms. The normalized spacial score (nSPS) is 12.1. The molecule has 0 atom stereocenters. The highest BCUT2D eigenvalue weighted by atomic mass is 32.2. The van der Waals surface area contributed by atoms with Crippen LogP contribution in [0.1, 0.15) is 21.5 Å². The third-order valence-corrected chi connectivity index (χ3v) is 5.48. The molecular weight excluding hydrogens is 415 g/mol. The molecule has 30 heavy (non-hydrogen) atoms. The van der Waals surface area contributed by atoms with E-state index in [4.69, 9.17) is 0 Å². The Hall–Kier alpha value is -3.39. The zero-order chi connectivity index (χ0) is 21.8. The van der Waals surface area contributed by atoms with Crippen LogP contribution >= 0.6 is 0 Å². The van der Waals surface area contributed by atoms with Gasteiger partial charge in [-0.25, -0.2) is 8.42 Å². The van der Waals surface area contributed by atoms with Gasteiger partial charge >= 0.3 is 6.18 Å². The lowest BCUT2D eigenvalue weighted by Crippen LogP contribution is -2.15. The number of carbonyl (C=O) groups is 1. The van der Waals surface area contributed by atoms with Crippen molar-refractivity contribution in [3.63, 3.8) is 0 Å². The number of allylic oxidation sites excluding steroid dienone is 1. The van der Waals surface area contributed by atoms with Gasteiger partial charge in [-0.3, -0.25) is 9.52 Å². The van der Waals surface area contributed by atoms with Crippen LogP contribution in [0.4, 0.5) is 18.9 Å². The fourth-order valence-corrected chi connectivity index (χ4v) is 3.72. The first-order valence-electron chi connectivity index (χ1n) is 8.73. The average molecular weight is 431 g/mol. The maximum Gasteiger partial charge on any atom is 0.416 e. The Morgan fingerprint density at radius 3 is 2.27 bits per heavy atom. The molecule has 0 unspecified atom stereocenters. The summed E-state index contributed by atoms with van der Waals surface area (Å²) in [6.07, 6.45) is -1.68. The van der Waals surface area contributed by atoms with E-state index in [1.165, 1.54) is 30.3 Å². The summed E-state index contributed by atoms with van der Waals surface area (Å²) in [5, 5.41) is 0. The van der Waals surface area contributed by atoms with Crippen molar-refractivity contribution >= 4 is 27.6 Å². The topological polar surface area (TPSA) is 63.2 Å². The summed E-state index contributed by atoms with van der Waals surface area (Å²) in [5.41, 5.74) is 0.0467. The molecule has 154 valence electrons. The number of hydrogen-bond donors (Lipinski definition) is 1. The number of ketones is 1. The molecule has 1 N–H and O–H groups in total. The van der Waals surface area contributed by atoms with Gasteiger partial charge in [-0.05, 0) is 42.0 Å². The Labute approximate surface area is 171 Å². The predicted molar refractivity (Wildman–Crippen MR) is 109 cm³/mol. The molecule has 0 heterocycles. The SMILES string of the molecule is O=C(/C=C/c1ccccc1)c1cccc(NS(=O)(=O)c2cccc(C(F)(F)F)c2)c1. The quantitative estimate of drug-likeness (QED) is 0.420. The first-order valence-corrected chi connectivity index (χ1v) is 10.2. The van der Waals surface area contributed by atoms with Gasteiger partial charge in [-0.1, -0.05) is 54.6 Å². The largest absolute Gasteiger partial charge is 0.416 e. The first-order chi connectivity index (χ1) is 14.1. The fourth-order valence-electron chi connectivity index (χ4n) is 2.62. The molecule has 3 aromatic rings. The van der Waals surface area contributed by atoms with Crippen molar-refractivity contribution < 1.29 is 26.4 Å². The fraction of sp³-hybridized carbons (Fsp3) is 0.0455. The third-order valence-electron chi connectivity index (χ3n) is 4.10. The van der Waals surface area contributed by atoms with E-state index in [1.54, 1.807) is 6.08 Å². The minimum Gasteiger partial charge on any atom is -0.289 e. The Bertz CT molecular complexity index is 1190. The number of rotatable bonds is 6. The van der Waals surface area contributed by atoms with E-state index in [2.05, 4.69) is 4.72 Å². The van der Waals surface area contributed by atoms with Gasteiger partial charge in [0.15, 0.2) is 5.78 Å². The van der Waals surface area contributed by atoms with E-state index in [-0.39, 0.29) is 17.0 Å². The minimum atomic E-state index is -4.66. The molecule has 0 aliphatic rings. The Balaban J connectivity index is 1.81. The van der Waals surface area contributed by atoms with Crippen molar-refractivity contribution in [3.8, 4) is 0 Å². The van der Waals surface area contributed by atoms with Crippen LogP contribution in [-0.2, 0) is 16.2 Å². The lowest BCUT2D eigenvalue weighted by atomic mass is 10.1. The van der Waals surface area contributed by atoms with Gasteiger partial charge in [0.05, 0.1) is 10.5 Å². The zero-order valence-electron chi connectivity index (χ0n) is 15.4. The van der Waals surface area contributed by atoms with Gasteiger partial charge in [0.1, 0.15) is 0 Å². The highest BCUT2D eigenvalue weighted by Crippen LogP contribution is 2.31. The summed E-state index contributed by atoms with van der Waals surface area (Å²) in [7, 11) is -4.27. The van der Waals surface area contributed by atoms with Crippen LogP contribution in [0.2, 0.25) is 0 Å².